The Morgan fingerprint density at radius 1 is 1.10 bits per heavy atom. The monoisotopic (exact) mass is 413 g/mol. The molecule has 4 heterocycles. The maximum absolute atomic E-state index is 10.3. The number of hydrogen-bond acceptors (Lipinski definition) is 5. The van der Waals surface area contributed by atoms with Crippen LogP contribution in [0.25, 0.3) is 16.7 Å². The van der Waals surface area contributed by atoms with Crippen LogP contribution >= 0.6 is 0 Å². The standard InChI is InChI=1S/C25H27N5O/c1-2-19-23(18-9-13-31-14-10-18)20(16-27)24-28-21-5-3-4-6-22(21)30(24)25(19)29-11-7-17(15-26)8-12-29/h3-6,17-18H,2,7-14H2,1H3. The van der Waals surface area contributed by atoms with Crippen molar-refractivity contribution >= 4 is 22.5 Å². The Balaban J connectivity index is 1.82. The zero-order chi connectivity index (χ0) is 21.4. The van der Waals surface area contributed by atoms with Crippen LogP contribution in [0, 0.1) is 28.6 Å². The molecule has 5 rings (SSSR count). The van der Waals surface area contributed by atoms with Gasteiger partial charge in [0.1, 0.15) is 11.9 Å². The van der Waals surface area contributed by atoms with Crippen LogP contribution in [-0.2, 0) is 11.2 Å². The molecule has 2 aliphatic rings. The zero-order valence-corrected chi connectivity index (χ0v) is 18.0. The number of imidazole rings is 1. The highest BCUT2D eigenvalue weighted by Gasteiger charge is 2.31. The first-order valence-electron chi connectivity index (χ1n) is 11.3. The van der Waals surface area contributed by atoms with Crippen molar-refractivity contribution < 1.29 is 4.74 Å². The number of nitriles is 2. The number of anilines is 1. The quantitative estimate of drug-likeness (QED) is 0.629. The van der Waals surface area contributed by atoms with E-state index in [1.165, 1.54) is 16.9 Å². The minimum absolute atomic E-state index is 0.129. The van der Waals surface area contributed by atoms with Crippen LogP contribution in [0.4, 0.5) is 5.82 Å². The van der Waals surface area contributed by atoms with Gasteiger partial charge in [-0.25, -0.2) is 4.98 Å². The second-order valence-corrected chi connectivity index (χ2v) is 8.59. The number of rotatable bonds is 3. The van der Waals surface area contributed by atoms with Crippen LogP contribution in [0.1, 0.15) is 55.2 Å². The van der Waals surface area contributed by atoms with Crippen LogP contribution in [0.3, 0.4) is 0 Å². The number of nitrogens with zero attached hydrogens (tertiary/aromatic N) is 5. The highest BCUT2D eigenvalue weighted by molar-refractivity contribution is 5.86. The van der Waals surface area contributed by atoms with Gasteiger partial charge in [-0.2, -0.15) is 10.5 Å². The number of benzene rings is 1. The first-order chi connectivity index (χ1) is 15.3. The Labute approximate surface area is 182 Å². The molecule has 0 bridgehead atoms. The summed E-state index contributed by atoms with van der Waals surface area (Å²) >= 11 is 0. The van der Waals surface area contributed by atoms with Crippen LogP contribution < -0.4 is 4.90 Å². The molecule has 3 aromatic rings. The number of piperidine rings is 1. The zero-order valence-electron chi connectivity index (χ0n) is 18.0. The summed E-state index contributed by atoms with van der Waals surface area (Å²) in [7, 11) is 0. The highest BCUT2D eigenvalue weighted by atomic mass is 16.5. The summed E-state index contributed by atoms with van der Waals surface area (Å²) < 4.78 is 7.84. The summed E-state index contributed by atoms with van der Waals surface area (Å²) in [4.78, 5) is 7.36. The van der Waals surface area contributed by atoms with E-state index >= 15 is 0 Å². The van der Waals surface area contributed by atoms with Gasteiger partial charge in [0.15, 0.2) is 5.65 Å². The van der Waals surface area contributed by atoms with E-state index in [1.807, 2.05) is 18.2 Å². The molecule has 158 valence electrons. The van der Waals surface area contributed by atoms with Gasteiger partial charge >= 0.3 is 0 Å². The third-order valence-electron chi connectivity index (χ3n) is 6.93. The van der Waals surface area contributed by atoms with Crippen molar-refractivity contribution in [2.45, 2.75) is 44.9 Å². The topological polar surface area (TPSA) is 77.3 Å². The van der Waals surface area contributed by atoms with Crippen molar-refractivity contribution in [1.82, 2.24) is 9.38 Å². The summed E-state index contributed by atoms with van der Waals surface area (Å²) in [5, 5.41) is 19.7. The Hall–Kier alpha value is -3.09. The Morgan fingerprint density at radius 2 is 1.84 bits per heavy atom. The lowest BCUT2D eigenvalue weighted by Crippen LogP contribution is -2.36. The number of hydrogen-bond donors (Lipinski definition) is 0. The van der Waals surface area contributed by atoms with E-state index in [4.69, 9.17) is 9.72 Å². The largest absolute Gasteiger partial charge is 0.381 e. The van der Waals surface area contributed by atoms with Gasteiger partial charge in [-0.1, -0.05) is 19.1 Å². The lowest BCUT2D eigenvalue weighted by molar-refractivity contribution is 0.0851. The van der Waals surface area contributed by atoms with Crippen molar-refractivity contribution in [3.63, 3.8) is 0 Å². The van der Waals surface area contributed by atoms with Crippen molar-refractivity contribution in [2.75, 3.05) is 31.2 Å². The predicted octanol–water partition coefficient (Wildman–Crippen LogP) is 4.56. The molecule has 6 nitrogen and oxygen atoms in total. The smallest absolute Gasteiger partial charge is 0.157 e. The van der Waals surface area contributed by atoms with Crippen LogP contribution in [0.15, 0.2) is 24.3 Å². The highest BCUT2D eigenvalue weighted by Crippen LogP contribution is 2.41. The average molecular weight is 414 g/mol. The minimum atomic E-state index is 0.129. The summed E-state index contributed by atoms with van der Waals surface area (Å²) in [5.74, 6) is 1.62. The molecule has 6 heteroatoms. The van der Waals surface area contributed by atoms with E-state index in [2.05, 4.69) is 34.4 Å². The molecular weight excluding hydrogens is 386 g/mol. The van der Waals surface area contributed by atoms with E-state index in [-0.39, 0.29) is 5.92 Å². The minimum Gasteiger partial charge on any atom is -0.381 e. The Kier molecular flexibility index (Phi) is 5.26. The van der Waals surface area contributed by atoms with Crippen LogP contribution in [0.5, 0.6) is 0 Å². The van der Waals surface area contributed by atoms with Crippen molar-refractivity contribution in [3.8, 4) is 12.1 Å². The maximum atomic E-state index is 10.3. The molecule has 0 amide bonds. The van der Waals surface area contributed by atoms with Crippen molar-refractivity contribution in [3.05, 3.63) is 41.0 Å². The molecule has 1 aromatic carbocycles. The summed E-state index contributed by atoms with van der Waals surface area (Å²) in [6.45, 7) is 5.38. The number of pyridine rings is 1. The Bertz CT molecular complexity index is 1200. The molecule has 0 unspecified atom stereocenters. The number of aromatic nitrogens is 2. The maximum Gasteiger partial charge on any atom is 0.157 e. The predicted molar refractivity (Wildman–Crippen MR) is 120 cm³/mol. The normalized spacial score (nSPS) is 18.4. The first-order valence-corrected chi connectivity index (χ1v) is 11.3. The third-order valence-corrected chi connectivity index (χ3v) is 6.93. The fourth-order valence-corrected chi connectivity index (χ4v) is 5.38. The number of fused-ring (bicyclic) bond motifs is 3. The lowest BCUT2D eigenvalue weighted by atomic mass is 9.84. The first kappa shape index (κ1) is 19.8. The summed E-state index contributed by atoms with van der Waals surface area (Å²) in [6, 6.07) is 13.1. The number of para-hydroxylation sites is 2. The molecule has 0 N–H and O–H groups in total. The molecule has 0 aliphatic carbocycles. The van der Waals surface area contributed by atoms with E-state index in [0.29, 0.717) is 5.92 Å². The van der Waals surface area contributed by atoms with Gasteiger partial charge in [-0.05, 0) is 61.3 Å². The lowest BCUT2D eigenvalue weighted by Gasteiger charge is -2.35. The molecule has 31 heavy (non-hydrogen) atoms. The summed E-state index contributed by atoms with van der Waals surface area (Å²) in [6.07, 6.45) is 4.49. The molecule has 2 aliphatic heterocycles. The molecule has 0 atom stereocenters. The van der Waals surface area contributed by atoms with Gasteiger partial charge < -0.3 is 9.64 Å². The van der Waals surface area contributed by atoms with Crippen LogP contribution in [0.2, 0.25) is 0 Å². The second kappa shape index (κ2) is 8.21. The molecule has 0 spiro atoms. The molecule has 2 saturated heterocycles. The Morgan fingerprint density at radius 3 is 2.52 bits per heavy atom. The molecule has 2 fully saturated rings. The molecule has 0 saturated carbocycles. The van der Waals surface area contributed by atoms with Crippen molar-refractivity contribution in [2.24, 2.45) is 5.92 Å². The summed E-state index contributed by atoms with van der Waals surface area (Å²) in [5.41, 5.74) is 5.87. The van der Waals surface area contributed by atoms with Gasteiger partial charge in [-0.3, -0.25) is 4.40 Å². The average Bonchev–Trinajstić information content (AvgIpc) is 3.22. The molecule has 0 radical (unpaired) electrons. The van der Waals surface area contributed by atoms with E-state index in [1.54, 1.807) is 0 Å². The fourth-order valence-electron chi connectivity index (χ4n) is 5.38. The van der Waals surface area contributed by atoms with Gasteiger partial charge in [0.2, 0.25) is 0 Å². The molecule has 2 aromatic heterocycles. The van der Waals surface area contributed by atoms with Gasteiger partial charge in [0.25, 0.3) is 0 Å². The van der Waals surface area contributed by atoms with Crippen LogP contribution in [-0.4, -0.2) is 35.7 Å². The van der Waals surface area contributed by atoms with Gasteiger partial charge in [0.05, 0.1) is 22.7 Å². The second-order valence-electron chi connectivity index (χ2n) is 8.59. The van der Waals surface area contributed by atoms with Gasteiger partial charge in [-0.15, -0.1) is 0 Å². The number of ether oxygens (including phenoxy) is 1. The molecular formula is C25H27N5O. The fraction of sp³-hybridized carbons (Fsp3) is 0.480. The third kappa shape index (κ3) is 3.23. The van der Waals surface area contributed by atoms with E-state index in [9.17, 15) is 10.5 Å². The van der Waals surface area contributed by atoms with Gasteiger partial charge in [0, 0.05) is 32.2 Å². The van der Waals surface area contributed by atoms with Crippen molar-refractivity contribution in [1.29, 1.82) is 10.5 Å². The SMILES string of the molecule is CCc1c(C2CCOCC2)c(C#N)c2nc3ccccc3n2c1N1CCC(C#N)CC1. The van der Waals surface area contributed by atoms with E-state index in [0.717, 1.165) is 80.7 Å². The van der Waals surface area contributed by atoms with E-state index < -0.39 is 0 Å².